The molecular formula is C31H27N7O2S2. The molecule has 1 unspecified atom stereocenters. The average Bonchev–Trinajstić information content (AvgIpc) is 3.77. The van der Waals surface area contributed by atoms with Crippen LogP contribution in [0.15, 0.2) is 72.2 Å². The summed E-state index contributed by atoms with van der Waals surface area (Å²) in [6, 6.07) is 22.8. The van der Waals surface area contributed by atoms with Gasteiger partial charge in [0.25, 0.3) is 0 Å². The molecular weight excluding hydrogens is 567 g/mol. The molecule has 0 saturated carbocycles. The maximum absolute atomic E-state index is 5.65. The van der Waals surface area contributed by atoms with E-state index in [0.717, 1.165) is 72.7 Å². The molecule has 0 aliphatic carbocycles. The molecule has 2 aliphatic heterocycles. The topological polar surface area (TPSA) is 88.5 Å². The molecule has 3 aromatic heterocycles. The molecule has 1 N–H and O–H groups in total. The quantitative estimate of drug-likeness (QED) is 0.238. The number of fused-ring (bicyclic) bond motifs is 3. The minimum Gasteiger partial charge on any atom is -0.497 e. The monoisotopic (exact) mass is 593 g/mol. The van der Waals surface area contributed by atoms with Gasteiger partial charge in [-0.25, -0.2) is 15.0 Å². The minimum atomic E-state index is -0.121. The molecule has 5 heterocycles. The number of hydrogen-bond acceptors (Lipinski definition) is 11. The van der Waals surface area contributed by atoms with E-state index in [4.69, 9.17) is 24.4 Å². The molecule has 1 atom stereocenters. The van der Waals surface area contributed by atoms with Crippen molar-refractivity contribution in [1.29, 1.82) is 0 Å². The summed E-state index contributed by atoms with van der Waals surface area (Å²) in [7, 11) is 1.69. The van der Waals surface area contributed by atoms with Gasteiger partial charge in [0.05, 0.1) is 52.0 Å². The van der Waals surface area contributed by atoms with E-state index in [9.17, 15) is 0 Å². The summed E-state index contributed by atoms with van der Waals surface area (Å²) in [6.07, 6.45) is 0.576. The number of hydrogen-bond donors (Lipinski definition) is 1. The zero-order valence-electron chi connectivity index (χ0n) is 22.9. The van der Waals surface area contributed by atoms with Gasteiger partial charge in [-0.2, -0.15) is 4.98 Å². The van der Waals surface area contributed by atoms with Gasteiger partial charge in [0.2, 0.25) is 5.95 Å². The Bertz CT molecular complexity index is 1880. The Morgan fingerprint density at radius 1 is 0.929 bits per heavy atom. The van der Waals surface area contributed by atoms with Gasteiger partial charge in [-0.1, -0.05) is 35.6 Å². The maximum Gasteiger partial charge on any atom is 0.228 e. The van der Waals surface area contributed by atoms with Gasteiger partial charge >= 0.3 is 0 Å². The molecule has 42 heavy (non-hydrogen) atoms. The summed E-state index contributed by atoms with van der Waals surface area (Å²) in [5.41, 5.74) is 7.93. The van der Waals surface area contributed by atoms with Crippen molar-refractivity contribution < 1.29 is 9.47 Å². The fraction of sp³-hybridized carbons (Fsp3) is 0.226. The van der Waals surface area contributed by atoms with Gasteiger partial charge in [0.1, 0.15) is 17.7 Å². The van der Waals surface area contributed by atoms with Crippen LogP contribution in [0.1, 0.15) is 5.56 Å². The Morgan fingerprint density at radius 2 is 1.83 bits per heavy atom. The van der Waals surface area contributed by atoms with E-state index in [1.807, 2.05) is 29.8 Å². The molecule has 0 radical (unpaired) electrons. The molecule has 1 saturated heterocycles. The summed E-state index contributed by atoms with van der Waals surface area (Å²) >= 11 is 3.31. The number of ether oxygens (including phenoxy) is 2. The lowest BCUT2D eigenvalue weighted by Gasteiger charge is -2.30. The minimum absolute atomic E-state index is 0.121. The van der Waals surface area contributed by atoms with Gasteiger partial charge in [-0.3, -0.25) is 0 Å². The standard InChI is InChI=1S/C31H27N7O2S2/c1-39-21-6-4-5-19(15-21)28-22-17-27(34-31-33-24-7-2-3-8-25(24)42-31)38(20-9-10-23-26(16-20)41-18-32-23)29(22)36-30(35-28)37-11-13-40-14-12-37/h2-10,15-16,18,27H,11-14,17H2,1H3,(H,33,34). The summed E-state index contributed by atoms with van der Waals surface area (Å²) in [5, 5.41) is 4.64. The van der Waals surface area contributed by atoms with Gasteiger partial charge < -0.3 is 24.6 Å². The van der Waals surface area contributed by atoms with Crippen LogP contribution >= 0.6 is 22.7 Å². The van der Waals surface area contributed by atoms with Crippen molar-refractivity contribution in [3.63, 3.8) is 0 Å². The Kier molecular flexibility index (Phi) is 6.35. The second-order valence-electron chi connectivity index (χ2n) is 10.2. The number of rotatable bonds is 6. The van der Waals surface area contributed by atoms with Crippen molar-refractivity contribution in [1.82, 2.24) is 19.9 Å². The first-order chi connectivity index (χ1) is 20.7. The largest absolute Gasteiger partial charge is 0.497 e. The normalized spacial score (nSPS) is 16.7. The number of morpholine rings is 1. The number of para-hydroxylation sites is 1. The Balaban J connectivity index is 1.30. The van der Waals surface area contributed by atoms with Crippen LogP contribution in [0.2, 0.25) is 0 Å². The van der Waals surface area contributed by atoms with Crippen LogP contribution in [0.25, 0.3) is 31.7 Å². The molecule has 0 spiro atoms. The Morgan fingerprint density at radius 3 is 2.71 bits per heavy atom. The van der Waals surface area contributed by atoms with Crippen molar-refractivity contribution in [2.24, 2.45) is 0 Å². The van der Waals surface area contributed by atoms with Crippen LogP contribution in [0.3, 0.4) is 0 Å². The van der Waals surface area contributed by atoms with E-state index in [1.165, 1.54) is 0 Å². The summed E-state index contributed by atoms with van der Waals surface area (Å²) in [6.45, 7) is 2.80. The summed E-state index contributed by atoms with van der Waals surface area (Å²) < 4.78 is 13.5. The fourth-order valence-corrected chi connectivity index (χ4v) is 7.30. The van der Waals surface area contributed by atoms with Gasteiger partial charge in [-0.15, -0.1) is 11.3 Å². The van der Waals surface area contributed by atoms with E-state index in [2.05, 4.69) is 62.6 Å². The lowest BCUT2D eigenvalue weighted by atomic mass is 10.0. The number of aromatic nitrogens is 4. The first-order valence-corrected chi connectivity index (χ1v) is 15.6. The highest BCUT2D eigenvalue weighted by atomic mass is 32.1. The lowest BCUT2D eigenvalue weighted by Crippen LogP contribution is -2.38. The van der Waals surface area contributed by atoms with Crippen molar-refractivity contribution in [3.8, 4) is 17.0 Å². The molecule has 0 amide bonds. The zero-order valence-corrected chi connectivity index (χ0v) is 24.5. The van der Waals surface area contributed by atoms with E-state index < -0.39 is 0 Å². The predicted molar refractivity (Wildman–Crippen MR) is 170 cm³/mol. The third-order valence-corrected chi connectivity index (χ3v) is 9.48. The molecule has 6 aromatic rings. The van der Waals surface area contributed by atoms with Crippen LogP contribution in [-0.4, -0.2) is 59.5 Å². The Labute approximate surface area is 250 Å². The third-order valence-electron chi connectivity index (χ3n) is 7.72. The van der Waals surface area contributed by atoms with Crippen molar-refractivity contribution in [2.75, 3.05) is 48.5 Å². The molecule has 1 fully saturated rings. The number of thiazole rings is 2. The number of anilines is 4. The van der Waals surface area contributed by atoms with Crippen LogP contribution in [0.5, 0.6) is 5.75 Å². The summed E-state index contributed by atoms with van der Waals surface area (Å²) in [4.78, 5) is 24.4. The number of methoxy groups -OCH3 is 1. The third kappa shape index (κ3) is 4.50. The van der Waals surface area contributed by atoms with Gasteiger partial charge in [0, 0.05) is 36.3 Å². The number of nitrogens with one attached hydrogen (secondary N) is 1. The molecule has 3 aromatic carbocycles. The maximum atomic E-state index is 5.65. The molecule has 9 nitrogen and oxygen atoms in total. The number of nitrogens with zero attached hydrogens (tertiary/aromatic N) is 6. The fourth-order valence-electron chi connectivity index (χ4n) is 5.68. The highest BCUT2D eigenvalue weighted by molar-refractivity contribution is 7.22. The van der Waals surface area contributed by atoms with E-state index >= 15 is 0 Å². The van der Waals surface area contributed by atoms with E-state index in [-0.39, 0.29) is 6.17 Å². The van der Waals surface area contributed by atoms with Crippen LogP contribution in [0.4, 0.5) is 22.6 Å². The zero-order chi connectivity index (χ0) is 28.0. The van der Waals surface area contributed by atoms with Gasteiger partial charge in [0.15, 0.2) is 5.13 Å². The summed E-state index contributed by atoms with van der Waals surface area (Å²) in [5.74, 6) is 2.40. The first-order valence-electron chi connectivity index (χ1n) is 13.9. The SMILES string of the molecule is COc1cccc(-c2nc(N3CCOCC3)nc3c2CC(Nc2nc4ccccc4s2)N3c2ccc3ncsc3c2)c1. The first kappa shape index (κ1) is 25.4. The number of benzene rings is 3. The molecule has 210 valence electrons. The van der Waals surface area contributed by atoms with Crippen LogP contribution in [0, 0.1) is 0 Å². The highest BCUT2D eigenvalue weighted by Crippen LogP contribution is 2.44. The highest BCUT2D eigenvalue weighted by Gasteiger charge is 2.37. The Hall–Kier alpha value is -4.32. The van der Waals surface area contributed by atoms with Crippen LogP contribution in [-0.2, 0) is 11.2 Å². The average molecular weight is 594 g/mol. The molecule has 2 aliphatic rings. The predicted octanol–water partition coefficient (Wildman–Crippen LogP) is 6.34. The van der Waals surface area contributed by atoms with Crippen molar-refractivity contribution in [3.05, 3.63) is 77.8 Å². The van der Waals surface area contributed by atoms with Gasteiger partial charge in [-0.05, 0) is 42.5 Å². The second kappa shape index (κ2) is 10.5. The van der Waals surface area contributed by atoms with Crippen molar-refractivity contribution >= 4 is 65.7 Å². The van der Waals surface area contributed by atoms with E-state index in [1.54, 1.807) is 29.8 Å². The molecule has 8 rings (SSSR count). The van der Waals surface area contributed by atoms with Crippen molar-refractivity contribution in [2.45, 2.75) is 12.6 Å². The second-order valence-corrected chi connectivity index (χ2v) is 12.1. The smallest absolute Gasteiger partial charge is 0.228 e. The van der Waals surface area contributed by atoms with E-state index in [0.29, 0.717) is 25.6 Å². The molecule has 11 heteroatoms. The van der Waals surface area contributed by atoms with Crippen LogP contribution < -0.4 is 19.9 Å². The molecule has 0 bridgehead atoms. The lowest BCUT2D eigenvalue weighted by molar-refractivity contribution is 0.122.